The number of hydrogen-bond acceptors (Lipinski definition) is 2. The van der Waals surface area contributed by atoms with E-state index < -0.39 is 0 Å². The molecule has 3 nitrogen and oxygen atoms in total. The summed E-state index contributed by atoms with van der Waals surface area (Å²) in [5, 5.41) is 0. The molecular formula is C12H22N2O. The Morgan fingerprint density at radius 1 is 1.27 bits per heavy atom. The molecule has 0 atom stereocenters. The average molecular weight is 210 g/mol. The molecule has 0 bridgehead atoms. The first-order valence-corrected chi connectivity index (χ1v) is 5.97. The van der Waals surface area contributed by atoms with E-state index in [1.54, 1.807) is 0 Å². The van der Waals surface area contributed by atoms with Crippen LogP contribution in [0.5, 0.6) is 0 Å². The quantitative estimate of drug-likeness (QED) is 0.686. The summed E-state index contributed by atoms with van der Waals surface area (Å²) < 4.78 is 0. The summed E-state index contributed by atoms with van der Waals surface area (Å²) in [6.45, 7) is 10.1. The minimum absolute atomic E-state index is 0.220. The molecule has 2 aliphatic rings. The summed E-state index contributed by atoms with van der Waals surface area (Å²) in [4.78, 5) is 16.3. The lowest BCUT2D eigenvalue weighted by molar-refractivity contribution is -0.137. The van der Waals surface area contributed by atoms with Crippen molar-refractivity contribution in [1.82, 2.24) is 9.80 Å². The molecule has 2 rings (SSSR count). The Labute approximate surface area is 92.4 Å². The summed E-state index contributed by atoms with van der Waals surface area (Å²) in [5.74, 6) is 0.322. The molecule has 0 N–H and O–H groups in total. The van der Waals surface area contributed by atoms with E-state index in [9.17, 15) is 4.79 Å². The first-order valence-electron chi connectivity index (χ1n) is 5.97. The van der Waals surface area contributed by atoms with Crippen molar-refractivity contribution in [2.24, 2.45) is 5.41 Å². The molecule has 0 aromatic rings. The van der Waals surface area contributed by atoms with Crippen molar-refractivity contribution in [2.75, 3.05) is 26.2 Å². The van der Waals surface area contributed by atoms with E-state index in [4.69, 9.17) is 0 Å². The monoisotopic (exact) mass is 210 g/mol. The maximum atomic E-state index is 11.9. The van der Waals surface area contributed by atoms with E-state index in [0.717, 1.165) is 25.7 Å². The minimum Gasteiger partial charge on any atom is -0.340 e. The molecule has 1 aliphatic carbocycles. The zero-order valence-electron chi connectivity index (χ0n) is 10.1. The predicted octanol–water partition coefficient (Wildman–Crippen LogP) is 1.34. The van der Waals surface area contributed by atoms with Crippen molar-refractivity contribution in [3.05, 3.63) is 0 Å². The number of carbonyl (C=O) groups excluding carboxylic acids is 1. The van der Waals surface area contributed by atoms with Gasteiger partial charge in [-0.15, -0.1) is 0 Å². The van der Waals surface area contributed by atoms with E-state index in [1.165, 1.54) is 12.8 Å². The highest BCUT2D eigenvalue weighted by Crippen LogP contribution is 2.28. The number of hydrogen-bond donors (Lipinski definition) is 0. The van der Waals surface area contributed by atoms with Crippen LogP contribution in [-0.2, 0) is 4.79 Å². The van der Waals surface area contributed by atoms with Crippen LogP contribution in [-0.4, -0.2) is 47.9 Å². The first-order chi connectivity index (χ1) is 6.96. The third kappa shape index (κ3) is 2.94. The Morgan fingerprint density at radius 2 is 1.93 bits per heavy atom. The number of piperazine rings is 1. The first kappa shape index (κ1) is 10.9. The lowest BCUT2D eigenvalue weighted by Gasteiger charge is -2.37. The highest BCUT2D eigenvalue weighted by molar-refractivity contribution is 5.79. The van der Waals surface area contributed by atoms with Gasteiger partial charge in [-0.1, -0.05) is 20.8 Å². The second kappa shape index (κ2) is 3.78. The van der Waals surface area contributed by atoms with E-state index >= 15 is 0 Å². The Bertz CT molecular complexity index is 253. The lowest BCUT2D eigenvalue weighted by atomic mass is 9.95. The van der Waals surface area contributed by atoms with Gasteiger partial charge in [0.25, 0.3) is 0 Å². The zero-order valence-corrected chi connectivity index (χ0v) is 10.1. The highest BCUT2D eigenvalue weighted by Gasteiger charge is 2.35. The van der Waals surface area contributed by atoms with Gasteiger partial charge in [-0.3, -0.25) is 9.69 Å². The molecule has 0 aromatic heterocycles. The maximum absolute atomic E-state index is 11.9. The molecule has 0 radical (unpaired) electrons. The molecule has 15 heavy (non-hydrogen) atoms. The molecule has 1 heterocycles. The predicted molar refractivity (Wildman–Crippen MR) is 60.6 cm³/mol. The molecule has 1 saturated carbocycles. The van der Waals surface area contributed by atoms with Gasteiger partial charge in [-0.2, -0.15) is 0 Å². The van der Waals surface area contributed by atoms with Gasteiger partial charge in [0, 0.05) is 25.7 Å². The molecule has 2 fully saturated rings. The largest absolute Gasteiger partial charge is 0.340 e. The molecule has 1 aliphatic heterocycles. The topological polar surface area (TPSA) is 23.6 Å². The fraction of sp³-hybridized carbons (Fsp3) is 0.917. The molecule has 0 spiro atoms. The van der Waals surface area contributed by atoms with E-state index in [2.05, 4.69) is 25.7 Å². The van der Waals surface area contributed by atoms with Crippen LogP contribution in [0.15, 0.2) is 0 Å². The van der Waals surface area contributed by atoms with E-state index in [1.807, 2.05) is 4.90 Å². The van der Waals surface area contributed by atoms with Gasteiger partial charge in [-0.05, 0) is 18.3 Å². The lowest BCUT2D eigenvalue weighted by Crippen LogP contribution is -2.52. The number of rotatable bonds is 2. The third-order valence-electron chi connectivity index (χ3n) is 3.08. The van der Waals surface area contributed by atoms with E-state index in [-0.39, 0.29) is 5.41 Å². The van der Waals surface area contributed by atoms with Crippen molar-refractivity contribution in [1.29, 1.82) is 0 Å². The molecule has 0 unspecified atom stereocenters. The van der Waals surface area contributed by atoms with Crippen molar-refractivity contribution in [2.45, 2.75) is 39.7 Å². The smallest absolute Gasteiger partial charge is 0.236 e. The normalized spacial score (nSPS) is 24.7. The van der Waals surface area contributed by atoms with Crippen LogP contribution in [0.2, 0.25) is 0 Å². The summed E-state index contributed by atoms with van der Waals surface area (Å²) in [6, 6.07) is 0.728. The molecule has 0 aromatic carbocycles. The van der Waals surface area contributed by atoms with Crippen molar-refractivity contribution in [3.8, 4) is 0 Å². The summed E-state index contributed by atoms with van der Waals surface area (Å²) >= 11 is 0. The van der Waals surface area contributed by atoms with Crippen molar-refractivity contribution >= 4 is 5.91 Å². The zero-order chi connectivity index (χ0) is 11.1. The molecule has 86 valence electrons. The SMILES string of the molecule is CC(C)(C)CN1CCN(C2CC2)CC1=O. The average Bonchev–Trinajstić information content (AvgIpc) is 2.89. The van der Waals surface area contributed by atoms with Crippen molar-refractivity contribution in [3.63, 3.8) is 0 Å². The molecule has 3 heteroatoms. The number of nitrogens with zero attached hydrogens (tertiary/aromatic N) is 2. The van der Waals surface area contributed by atoms with Gasteiger partial charge in [0.05, 0.1) is 6.54 Å². The fourth-order valence-corrected chi connectivity index (χ4v) is 2.22. The van der Waals surface area contributed by atoms with Crippen molar-refractivity contribution < 1.29 is 4.79 Å². The summed E-state index contributed by atoms with van der Waals surface area (Å²) in [7, 11) is 0. The van der Waals surface area contributed by atoms with Crippen LogP contribution in [0.1, 0.15) is 33.6 Å². The Morgan fingerprint density at radius 3 is 2.40 bits per heavy atom. The number of carbonyl (C=O) groups is 1. The summed E-state index contributed by atoms with van der Waals surface area (Å²) in [5.41, 5.74) is 0.220. The number of amides is 1. The van der Waals surface area contributed by atoms with Crippen LogP contribution < -0.4 is 0 Å². The Hall–Kier alpha value is -0.570. The molecule has 1 saturated heterocycles. The van der Waals surface area contributed by atoms with Crippen LogP contribution in [0.4, 0.5) is 0 Å². The van der Waals surface area contributed by atoms with Gasteiger partial charge < -0.3 is 4.90 Å². The van der Waals surface area contributed by atoms with Crippen LogP contribution in [0, 0.1) is 5.41 Å². The van der Waals surface area contributed by atoms with Gasteiger partial charge in [0.1, 0.15) is 0 Å². The van der Waals surface area contributed by atoms with Gasteiger partial charge in [-0.25, -0.2) is 0 Å². The van der Waals surface area contributed by atoms with Crippen LogP contribution in [0.3, 0.4) is 0 Å². The standard InChI is InChI=1S/C12H22N2O/c1-12(2,3)9-14-7-6-13(8-11(14)15)10-4-5-10/h10H,4-9H2,1-3H3. The van der Waals surface area contributed by atoms with Crippen LogP contribution >= 0.6 is 0 Å². The minimum atomic E-state index is 0.220. The molecular weight excluding hydrogens is 188 g/mol. The third-order valence-corrected chi connectivity index (χ3v) is 3.08. The van der Waals surface area contributed by atoms with Gasteiger partial charge in [0.15, 0.2) is 0 Å². The van der Waals surface area contributed by atoms with Gasteiger partial charge in [0.2, 0.25) is 5.91 Å². The van der Waals surface area contributed by atoms with E-state index in [0.29, 0.717) is 12.5 Å². The van der Waals surface area contributed by atoms with Crippen LogP contribution in [0.25, 0.3) is 0 Å². The molecule has 1 amide bonds. The second-order valence-corrected chi connectivity index (χ2v) is 6.08. The second-order valence-electron chi connectivity index (χ2n) is 6.08. The fourth-order valence-electron chi connectivity index (χ4n) is 2.22. The highest BCUT2D eigenvalue weighted by atomic mass is 16.2. The van der Waals surface area contributed by atoms with Gasteiger partial charge >= 0.3 is 0 Å². The summed E-state index contributed by atoms with van der Waals surface area (Å²) in [6.07, 6.45) is 2.60. The maximum Gasteiger partial charge on any atom is 0.236 e. The Kier molecular flexibility index (Phi) is 2.75. The Balaban J connectivity index is 1.86.